The van der Waals surface area contributed by atoms with E-state index in [0.29, 0.717) is 12.8 Å². The van der Waals surface area contributed by atoms with Gasteiger partial charge in [-0.15, -0.1) is 0 Å². The molecule has 1 atom stereocenters. The number of fused-ring (bicyclic) bond motifs is 1. The van der Waals surface area contributed by atoms with E-state index in [4.69, 9.17) is 4.74 Å². The summed E-state index contributed by atoms with van der Waals surface area (Å²) in [6.45, 7) is 0.172. The van der Waals surface area contributed by atoms with Gasteiger partial charge in [-0.3, -0.25) is 4.79 Å². The third-order valence-corrected chi connectivity index (χ3v) is 3.62. The second kappa shape index (κ2) is 5.08. The van der Waals surface area contributed by atoms with Crippen molar-refractivity contribution in [2.75, 3.05) is 13.7 Å². The summed E-state index contributed by atoms with van der Waals surface area (Å²) < 4.78 is 4.87. The van der Waals surface area contributed by atoms with Crippen LogP contribution in [0.1, 0.15) is 17.5 Å². The van der Waals surface area contributed by atoms with E-state index in [1.54, 1.807) is 0 Å². The first-order chi connectivity index (χ1) is 8.57. The number of benzene rings is 1. The number of carboxylic acids is 1. The Morgan fingerprint density at radius 3 is 2.39 bits per heavy atom. The van der Waals surface area contributed by atoms with E-state index in [1.165, 1.54) is 7.11 Å². The van der Waals surface area contributed by atoms with Gasteiger partial charge in [-0.1, -0.05) is 24.3 Å². The quantitative estimate of drug-likeness (QED) is 0.825. The Hall–Kier alpha value is -1.39. The summed E-state index contributed by atoms with van der Waals surface area (Å²) in [4.78, 5) is 11.6. The van der Waals surface area contributed by atoms with E-state index in [0.717, 1.165) is 11.1 Å². The van der Waals surface area contributed by atoms with Crippen LogP contribution in [-0.2, 0) is 22.4 Å². The normalized spacial score (nSPS) is 18.3. The van der Waals surface area contributed by atoms with Crippen molar-refractivity contribution in [1.29, 1.82) is 0 Å². The Kier molecular flexibility index (Phi) is 3.68. The number of methoxy groups -OCH3 is 1. The molecule has 1 aromatic carbocycles. The van der Waals surface area contributed by atoms with Gasteiger partial charge in [0.15, 0.2) is 0 Å². The first kappa shape index (κ1) is 13.1. The maximum atomic E-state index is 11.6. The van der Waals surface area contributed by atoms with Gasteiger partial charge in [0, 0.05) is 7.11 Å². The van der Waals surface area contributed by atoms with E-state index in [-0.39, 0.29) is 13.0 Å². The Morgan fingerprint density at radius 2 is 1.94 bits per heavy atom. The molecule has 2 rings (SSSR count). The summed E-state index contributed by atoms with van der Waals surface area (Å²) in [6, 6.07) is 7.76. The molecule has 4 heteroatoms. The lowest BCUT2D eigenvalue weighted by Crippen LogP contribution is -2.37. The lowest BCUT2D eigenvalue weighted by atomic mass is 9.79. The fourth-order valence-electron chi connectivity index (χ4n) is 2.78. The molecule has 0 saturated heterocycles. The van der Waals surface area contributed by atoms with Crippen LogP contribution in [0.4, 0.5) is 0 Å². The number of rotatable bonds is 5. The summed E-state index contributed by atoms with van der Waals surface area (Å²) in [7, 11) is 1.50. The second-order valence-electron chi connectivity index (χ2n) is 5.02. The summed E-state index contributed by atoms with van der Waals surface area (Å²) >= 11 is 0. The number of carboxylic acid groups (broad SMARTS) is 1. The van der Waals surface area contributed by atoms with E-state index in [2.05, 4.69) is 0 Å². The van der Waals surface area contributed by atoms with Crippen LogP contribution < -0.4 is 0 Å². The van der Waals surface area contributed by atoms with Crippen molar-refractivity contribution in [2.24, 2.45) is 5.41 Å². The summed E-state index contributed by atoms with van der Waals surface area (Å²) in [5.41, 5.74) is 1.26. The molecule has 0 bridgehead atoms. The standard InChI is InChI=1S/C14H18O4/c1-18-9-12(15)8-14(13(16)17)6-10-4-2-3-5-11(10)7-14/h2-5,12,15H,6-9H2,1H3,(H,16,17). The number of hydrogen-bond acceptors (Lipinski definition) is 3. The summed E-state index contributed by atoms with van der Waals surface area (Å²) in [5.74, 6) is -0.839. The minimum absolute atomic E-state index is 0.172. The molecule has 98 valence electrons. The molecule has 0 radical (unpaired) electrons. The molecule has 1 aliphatic rings. The molecule has 0 aliphatic heterocycles. The minimum atomic E-state index is -0.887. The van der Waals surface area contributed by atoms with Gasteiger partial charge in [-0.2, -0.15) is 0 Å². The van der Waals surface area contributed by atoms with E-state index in [9.17, 15) is 15.0 Å². The van der Waals surface area contributed by atoms with Crippen molar-refractivity contribution < 1.29 is 19.7 Å². The number of aliphatic hydroxyl groups is 1. The number of carbonyl (C=O) groups is 1. The molecular weight excluding hydrogens is 232 g/mol. The first-order valence-electron chi connectivity index (χ1n) is 6.04. The maximum absolute atomic E-state index is 11.6. The zero-order valence-electron chi connectivity index (χ0n) is 10.4. The average Bonchev–Trinajstić information content (AvgIpc) is 2.68. The number of ether oxygens (including phenoxy) is 1. The lowest BCUT2D eigenvalue weighted by molar-refractivity contribution is -0.151. The average molecular weight is 250 g/mol. The van der Waals surface area contributed by atoms with Gasteiger partial charge in [-0.25, -0.2) is 0 Å². The van der Waals surface area contributed by atoms with Gasteiger partial charge in [0.05, 0.1) is 18.1 Å². The van der Waals surface area contributed by atoms with Gasteiger partial charge in [0.1, 0.15) is 0 Å². The predicted molar refractivity (Wildman–Crippen MR) is 66.4 cm³/mol. The predicted octanol–water partition coefficient (Wildman–Crippen LogP) is 1.25. The molecule has 1 aromatic rings. The van der Waals surface area contributed by atoms with Gasteiger partial charge in [0.2, 0.25) is 0 Å². The maximum Gasteiger partial charge on any atom is 0.310 e. The molecule has 0 spiro atoms. The summed E-state index contributed by atoms with van der Waals surface area (Å²) in [5, 5.41) is 19.3. The lowest BCUT2D eigenvalue weighted by Gasteiger charge is -2.26. The summed E-state index contributed by atoms with van der Waals surface area (Å²) in [6.07, 6.45) is 0.462. The molecule has 4 nitrogen and oxygen atoms in total. The van der Waals surface area contributed by atoms with Crippen LogP contribution in [0.2, 0.25) is 0 Å². The number of aliphatic hydroxyl groups excluding tert-OH is 1. The molecule has 0 amide bonds. The van der Waals surface area contributed by atoms with Gasteiger partial charge < -0.3 is 14.9 Å². The van der Waals surface area contributed by atoms with E-state index >= 15 is 0 Å². The molecule has 2 N–H and O–H groups in total. The zero-order chi connectivity index (χ0) is 13.2. The van der Waals surface area contributed by atoms with Crippen LogP contribution >= 0.6 is 0 Å². The van der Waals surface area contributed by atoms with Gasteiger partial charge in [0.25, 0.3) is 0 Å². The van der Waals surface area contributed by atoms with Crippen molar-refractivity contribution in [3.05, 3.63) is 35.4 Å². The Balaban J connectivity index is 2.19. The van der Waals surface area contributed by atoms with Crippen molar-refractivity contribution in [3.8, 4) is 0 Å². The third-order valence-electron chi connectivity index (χ3n) is 3.62. The molecule has 1 aliphatic carbocycles. The third kappa shape index (κ3) is 2.40. The number of aliphatic carboxylic acids is 1. The van der Waals surface area contributed by atoms with E-state index in [1.807, 2.05) is 24.3 Å². The molecule has 0 saturated carbocycles. The van der Waals surface area contributed by atoms with Crippen LogP contribution in [-0.4, -0.2) is 36.0 Å². The molecule has 0 fully saturated rings. The Bertz CT molecular complexity index is 416. The number of hydrogen-bond donors (Lipinski definition) is 2. The molecule has 0 aromatic heterocycles. The fraction of sp³-hybridized carbons (Fsp3) is 0.500. The minimum Gasteiger partial charge on any atom is -0.481 e. The van der Waals surface area contributed by atoms with Crippen molar-refractivity contribution in [2.45, 2.75) is 25.4 Å². The van der Waals surface area contributed by atoms with Crippen LogP contribution in [0.5, 0.6) is 0 Å². The fourth-order valence-corrected chi connectivity index (χ4v) is 2.78. The van der Waals surface area contributed by atoms with Crippen molar-refractivity contribution in [1.82, 2.24) is 0 Å². The topological polar surface area (TPSA) is 66.8 Å². The van der Waals surface area contributed by atoms with Crippen molar-refractivity contribution in [3.63, 3.8) is 0 Å². The Morgan fingerprint density at radius 1 is 1.39 bits per heavy atom. The van der Waals surface area contributed by atoms with Crippen LogP contribution in [0.15, 0.2) is 24.3 Å². The van der Waals surface area contributed by atoms with E-state index < -0.39 is 17.5 Å². The monoisotopic (exact) mass is 250 g/mol. The van der Waals surface area contributed by atoms with Crippen LogP contribution in [0.3, 0.4) is 0 Å². The first-order valence-corrected chi connectivity index (χ1v) is 6.04. The molecule has 18 heavy (non-hydrogen) atoms. The molecule has 0 heterocycles. The SMILES string of the molecule is COCC(O)CC1(C(=O)O)Cc2ccccc2C1. The van der Waals surface area contributed by atoms with Crippen LogP contribution in [0, 0.1) is 5.41 Å². The van der Waals surface area contributed by atoms with Gasteiger partial charge >= 0.3 is 5.97 Å². The zero-order valence-corrected chi connectivity index (χ0v) is 10.4. The highest BCUT2D eigenvalue weighted by molar-refractivity contribution is 5.77. The van der Waals surface area contributed by atoms with Gasteiger partial charge in [-0.05, 0) is 30.4 Å². The largest absolute Gasteiger partial charge is 0.481 e. The highest BCUT2D eigenvalue weighted by Crippen LogP contribution is 2.40. The smallest absolute Gasteiger partial charge is 0.310 e. The highest BCUT2D eigenvalue weighted by Gasteiger charge is 2.45. The highest BCUT2D eigenvalue weighted by atomic mass is 16.5. The van der Waals surface area contributed by atoms with Crippen molar-refractivity contribution >= 4 is 5.97 Å². The van der Waals surface area contributed by atoms with Crippen LogP contribution in [0.25, 0.3) is 0 Å². The Labute approximate surface area is 106 Å². The second-order valence-corrected chi connectivity index (χ2v) is 5.02. The molecular formula is C14H18O4. The molecule has 1 unspecified atom stereocenters.